The van der Waals surface area contributed by atoms with E-state index < -0.39 is 10.8 Å². The highest BCUT2D eigenvalue weighted by Gasteiger charge is 2.26. The van der Waals surface area contributed by atoms with Crippen LogP contribution in [-0.4, -0.2) is 79.2 Å². The summed E-state index contributed by atoms with van der Waals surface area (Å²) in [4.78, 5) is 42.2. The molecule has 2 N–H and O–H groups in total. The van der Waals surface area contributed by atoms with E-state index >= 15 is 0 Å². The number of halogens is 1. The number of nitro benzene ring substituents is 1. The predicted octanol–water partition coefficient (Wildman–Crippen LogP) is 3.77. The molecule has 0 unspecified atom stereocenters. The van der Waals surface area contributed by atoms with Crippen LogP contribution in [0, 0.1) is 10.1 Å². The summed E-state index contributed by atoms with van der Waals surface area (Å²) in [5.74, 6) is -0.402. The maximum atomic E-state index is 12.8. The van der Waals surface area contributed by atoms with Gasteiger partial charge in [0.1, 0.15) is 5.69 Å². The number of rotatable bonds is 6. The van der Waals surface area contributed by atoms with Gasteiger partial charge in [0.25, 0.3) is 17.5 Å². The first-order valence-corrected chi connectivity index (χ1v) is 13.7. The van der Waals surface area contributed by atoms with Crippen molar-refractivity contribution in [1.29, 1.82) is 0 Å². The van der Waals surface area contributed by atoms with E-state index in [9.17, 15) is 19.7 Å². The Morgan fingerprint density at radius 3 is 2.32 bits per heavy atom. The first kappa shape index (κ1) is 28.3. The number of morpholine rings is 1. The molecule has 0 bridgehead atoms. The molecule has 2 aliphatic rings. The van der Waals surface area contributed by atoms with Crippen LogP contribution in [0.4, 0.5) is 22.7 Å². The van der Waals surface area contributed by atoms with Gasteiger partial charge in [0.2, 0.25) is 0 Å². The van der Waals surface area contributed by atoms with Crippen LogP contribution in [0.15, 0.2) is 59.2 Å². The normalized spacial score (nSPS) is 15.4. The number of piperazine rings is 1. The molecule has 0 spiro atoms. The molecule has 3 aromatic rings. The third-order valence-electron chi connectivity index (χ3n) is 6.86. The minimum absolute atomic E-state index is 0.0174. The molecule has 214 valence electrons. The molecule has 0 saturated carbocycles. The van der Waals surface area contributed by atoms with Crippen molar-refractivity contribution in [2.45, 2.75) is 0 Å². The summed E-state index contributed by atoms with van der Waals surface area (Å²) in [5, 5.41) is 17.7. The zero-order valence-electron chi connectivity index (χ0n) is 21.9. The minimum Gasteiger partial charge on any atom is -0.459 e. The second-order valence-electron chi connectivity index (χ2n) is 9.39. The standard InChI is InChI=1S/C27H27ClN6O6S/c28-20-17-19(4-6-21(20)31-7-9-33(10-8-31)26(36)24-2-1-13-40-24)29-27(41)30-25(35)18-3-5-22(23(16-18)34(37)38)32-11-14-39-15-12-32/h1-6,13,16-17H,7-12,14-15H2,(H2,29,30,35,41). The monoisotopic (exact) mass is 598 g/mol. The molecule has 2 saturated heterocycles. The topological polar surface area (TPSA) is 133 Å². The summed E-state index contributed by atoms with van der Waals surface area (Å²) in [5.41, 5.74) is 1.76. The highest BCUT2D eigenvalue weighted by molar-refractivity contribution is 7.80. The van der Waals surface area contributed by atoms with Gasteiger partial charge in [-0.25, -0.2) is 0 Å². The van der Waals surface area contributed by atoms with Gasteiger partial charge in [-0.2, -0.15) is 0 Å². The molecule has 0 radical (unpaired) electrons. The van der Waals surface area contributed by atoms with Gasteiger partial charge in [-0.1, -0.05) is 11.6 Å². The highest BCUT2D eigenvalue weighted by atomic mass is 35.5. The number of thiocarbonyl (C=S) groups is 1. The van der Waals surface area contributed by atoms with E-state index in [1.54, 1.807) is 35.2 Å². The van der Waals surface area contributed by atoms with Gasteiger partial charge in [-0.05, 0) is 54.7 Å². The van der Waals surface area contributed by atoms with Crippen LogP contribution in [0.1, 0.15) is 20.9 Å². The quantitative estimate of drug-likeness (QED) is 0.245. The van der Waals surface area contributed by atoms with Crippen LogP contribution in [0.3, 0.4) is 0 Å². The Balaban J connectivity index is 1.17. The molecule has 1 aromatic heterocycles. The summed E-state index contributed by atoms with van der Waals surface area (Å²) < 4.78 is 10.5. The lowest BCUT2D eigenvalue weighted by Crippen LogP contribution is -2.48. The van der Waals surface area contributed by atoms with Crippen LogP contribution in [-0.2, 0) is 4.74 Å². The van der Waals surface area contributed by atoms with E-state index in [0.29, 0.717) is 74.6 Å². The average Bonchev–Trinajstić information content (AvgIpc) is 3.52. The number of nitro groups is 1. The Kier molecular flexibility index (Phi) is 8.67. The fourth-order valence-corrected chi connectivity index (χ4v) is 5.28. The Hall–Kier alpha value is -4.20. The number of hydrogen-bond acceptors (Lipinski definition) is 9. The maximum absolute atomic E-state index is 12.8. The number of anilines is 3. The molecule has 0 atom stereocenters. The molecule has 41 heavy (non-hydrogen) atoms. The lowest BCUT2D eigenvalue weighted by atomic mass is 10.1. The number of furan rings is 1. The smallest absolute Gasteiger partial charge is 0.293 e. The van der Waals surface area contributed by atoms with E-state index in [-0.39, 0.29) is 22.3 Å². The van der Waals surface area contributed by atoms with Crippen LogP contribution in [0.5, 0.6) is 0 Å². The molecule has 2 aliphatic heterocycles. The predicted molar refractivity (Wildman–Crippen MR) is 158 cm³/mol. The van der Waals surface area contributed by atoms with Crippen molar-refractivity contribution in [2.75, 3.05) is 67.6 Å². The summed E-state index contributed by atoms with van der Waals surface area (Å²) in [6, 6.07) is 13.0. The second-order valence-corrected chi connectivity index (χ2v) is 10.2. The average molecular weight is 599 g/mol. The lowest BCUT2D eigenvalue weighted by molar-refractivity contribution is -0.384. The number of nitrogens with one attached hydrogen (secondary N) is 2. The molecular formula is C27H27ClN6O6S. The number of ether oxygens (including phenoxy) is 1. The Bertz CT molecular complexity index is 1450. The molecule has 2 aromatic carbocycles. The van der Waals surface area contributed by atoms with Crippen molar-refractivity contribution in [3.05, 3.63) is 81.3 Å². The molecular weight excluding hydrogens is 572 g/mol. The fourth-order valence-electron chi connectivity index (χ4n) is 4.77. The van der Waals surface area contributed by atoms with Gasteiger partial charge in [0, 0.05) is 56.6 Å². The van der Waals surface area contributed by atoms with Gasteiger partial charge in [0.15, 0.2) is 10.9 Å². The molecule has 14 heteroatoms. The number of benzene rings is 2. The third kappa shape index (κ3) is 6.59. The molecule has 2 fully saturated rings. The van der Waals surface area contributed by atoms with Crippen molar-refractivity contribution < 1.29 is 23.7 Å². The van der Waals surface area contributed by atoms with Crippen molar-refractivity contribution in [1.82, 2.24) is 10.2 Å². The van der Waals surface area contributed by atoms with Gasteiger partial charge >= 0.3 is 0 Å². The highest BCUT2D eigenvalue weighted by Crippen LogP contribution is 2.31. The minimum atomic E-state index is -0.580. The van der Waals surface area contributed by atoms with Crippen molar-refractivity contribution in [3.8, 4) is 0 Å². The number of carbonyl (C=O) groups is 2. The van der Waals surface area contributed by atoms with Gasteiger partial charge in [-0.15, -0.1) is 0 Å². The Labute approximate surface area is 245 Å². The Morgan fingerprint density at radius 2 is 1.66 bits per heavy atom. The zero-order valence-corrected chi connectivity index (χ0v) is 23.4. The van der Waals surface area contributed by atoms with Crippen molar-refractivity contribution >= 4 is 63.5 Å². The summed E-state index contributed by atoms with van der Waals surface area (Å²) in [6.07, 6.45) is 1.48. The van der Waals surface area contributed by atoms with Crippen LogP contribution in [0.25, 0.3) is 0 Å². The zero-order chi connectivity index (χ0) is 28.9. The first-order valence-electron chi connectivity index (χ1n) is 12.9. The molecule has 0 aliphatic carbocycles. The number of amides is 2. The van der Waals surface area contributed by atoms with Gasteiger partial charge < -0.3 is 29.2 Å². The largest absolute Gasteiger partial charge is 0.459 e. The molecule has 5 rings (SSSR count). The number of carbonyl (C=O) groups excluding carboxylic acids is 2. The molecule has 3 heterocycles. The SMILES string of the molecule is O=C(NC(=S)Nc1ccc(N2CCN(C(=O)c3ccco3)CC2)c(Cl)c1)c1ccc(N2CCOCC2)c([N+](=O)[O-])c1. The summed E-state index contributed by atoms with van der Waals surface area (Å²) >= 11 is 11.9. The van der Waals surface area contributed by atoms with Crippen LogP contribution in [0.2, 0.25) is 5.02 Å². The van der Waals surface area contributed by atoms with E-state index in [1.165, 1.54) is 18.4 Å². The third-order valence-corrected chi connectivity index (χ3v) is 7.37. The van der Waals surface area contributed by atoms with Crippen molar-refractivity contribution in [3.63, 3.8) is 0 Å². The first-order chi connectivity index (χ1) is 19.8. The summed E-state index contributed by atoms with van der Waals surface area (Å²) in [6.45, 7) is 4.28. The van der Waals surface area contributed by atoms with Gasteiger partial charge in [-0.3, -0.25) is 25.0 Å². The van der Waals surface area contributed by atoms with Gasteiger partial charge in [0.05, 0.1) is 35.1 Å². The van der Waals surface area contributed by atoms with E-state index in [2.05, 4.69) is 15.5 Å². The van der Waals surface area contributed by atoms with Crippen LogP contribution >= 0.6 is 23.8 Å². The Morgan fingerprint density at radius 1 is 0.951 bits per heavy atom. The van der Waals surface area contributed by atoms with E-state index in [4.69, 9.17) is 33.0 Å². The van der Waals surface area contributed by atoms with Crippen molar-refractivity contribution in [2.24, 2.45) is 0 Å². The fraction of sp³-hybridized carbons (Fsp3) is 0.296. The van der Waals surface area contributed by atoms with E-state index in [0.717, 1.165) is 5.69 Å². The number of nitrogens with zero attached hydrogens (tertiary/aromatic N) is 4. The van der Waals surface area contributed by atoms with E-state index in [1.807, 2.05) is 11.0 Å². The maximum Gasteiger partial charge on any atom is 0.293 e. The van der Waals surface area contributed by atoms with Crippen LogP contribution < -0.4 is 20.4 Å². The second kappa shape index (κ2) is 12.5. The molecule has 12 nitrogen and oxygen atoms in total. The summed E-state index contributed by atoms with van der Waals surface area (Å²) in [7, 11) is 0. The lowest BCUT2D eigenvalue weighted by Gasteiger charge is -2.36. The molecule has 2 amide bonds. The number of hydrogen-bond donors (Lipinski definition) is 2.